The molecule has 0 fully saturated rings. The molecule has 0 saturated heterocycles. The Bertz CT molecular complexity index is 330. The molecule has 5 heteroatoms. The van der Waals surface area contributed by atoms with E-state index in [1.165, 1.54) is 12.3 Å². The number of pyridine rings is 1. The largest absolute Gasteiger partial charge is 0.351 e. The van der Waals surface area contributed by atoms with Crippen LogP contribution in [0.25, 0.3) is 0 Å². The Morgan fingerprint density at radius 3 is 3.00 bits per heavy atom. The van der Waals surface area contributed by atoms with Crippen LogP contribution in [0.2, 0.25) is 0 Å². The standard InChI is InChI=1S/C10H14FN3O/c1-2-12-5-6-14-10(15)8-3-4-13-9(11)7-8/h3-4,7,12H,2,5-6H2,1H3,(H,14,15). The summed E-state index contributed by atoms with van der Waals surface area (Å²) in [6, 6.07) is 2.59. The summed E-state index contributed by atoms with van der Waals surface area (Å²) < 4.78 is 12.7. The van der Waals surface area contributed by atoms with Gasteiger partial charge in [-0.05, 0) is 12.6 Å². The summed E-state index contributed by atoms with van der Waals surface area (Å²) in [5.74, 6) is -0.927. The van der Waals surface area contributed by atoms with Crippen molar-refractivity contribution in [3.8, 4) is 0 Å². The van der Waals surface area contributed by atoms with Crippen molar-refractivity contribution >= 4 is 5.91 Å². The Balaban J connectivity index is 2.40. The number of carbonyl (C=O) groups excluding carboxylic acids is 1. The van der Waals surface area contributed by atoms with E-state index in [0.29, 0.717) is 18.7 Å². The van der Waals surface area contributed by atoms with Gasteiger partial charge in [0.1, 0.15) is 0 Å². The number of likely N-dealkylation sites (N-methyl/N-ethyl adjacent to an activating group) is 1. The molecule has 82 valence electrons. The topological polar surface area (TPSA) is 54.0 Å². The second-order valence-corrected chi connectivity index (χ2v) is 2.98. The summed E-state index contributed by atoms with van der Waals surface area (Å²) in [5.41, 5.74) is 0.291. The van der Waals surface area contributed by atoms with Gasteiger partial charge in [0.2, 0.25) is 5.95 Å². The van der Waals surface area contributed by atoms with E-state index in [4.69, 9.17) is 0 Å². The quantitative estimate of drug-likeness (QED) is 0.552. The van der Waals surface area contributed by atoms with Gasteiger partial charge in [0, 0.05) is 30.9 Å². The van der Waals surface area contributed by atoms with Crippen molar-refractivity contribution in [1.82, 2.24) is 15.6 Å². The van der Waals surface area contributed by atoms with Crippen LogP contribution in [0.5, 0.6) is 0 Å². The molecule has 1 amide bonds. The van der Waals surface area contributed by atoms with Gasteiger partial charge >= 0.3 is 0 Å². The predicted molar refractivity (Wildman–Crippen MR) is 55.1 cm³/mol. The van der Waals surface area contributed by atoms with Gasteiger partial charge in [-0.2, -0.15) is 4.39 Å². The van der Waals surface area contributed by atoms with Crippen molar-refractivity contribution in [1.29, 1.82) is 0 Å². The van der Waals surface area contributed by atoms with Crippen LogP contribution in [0, 0.1) is 5.95 Å². The smallest absolute Gasteiger partial charge is 0.251 e. The van der Waals surface area contributed by atoms with Crippen molar-refractivity contribution in [2.75, 3.05) is 19.6 Å². The first kappa shape index (κ1) is 11.6. The minimum atomic E-state index is -0.644. The first-order valence-electron chi connectivity index (χ1n) is 4.84. The number of amides is 1. The summed E-state index contributed by atoms with van der Waals surface area (Å²) in [5, 5.41) is 5.73. The molecule has 0 aromatic carbocycles. The molecule has 0 aliphatic carbocycles. The van der Waals surface area contributed by atoms with E-state index in [-0.39, 0.29) is 5.91 Å². The molecule has 0 saturated carbocycles. The molecule has 0 aliphatic rings. The molecule has 15 heavy (non-hydrogen) atoms. The molecule has 0 radical (unpaired) electrons. The summed E-state index contributed by atoms with van der Waals surface area (Å²) >= 11 is 0. The zero-order valence-corrected chi connectivity index (χ0v) is 8.59. The van der Waals surface area contributed by atoms with Crippen LogP contribution >= 0.6 is 0 Å². The Morgan fingerprint density at radius 1 is 1.53 bits per heavy atom. The fourth-order valence-corrected chi connectivity index (χ4v) is 1.09. The van der Waals surface area contributed by atoms with E-state index in [0.717, 1.165) is 12.6 Å². The third kappa shape index (κ3) is 4.03. The van der Waals surface area contributed by atoms with Gasteiger partial charge < -0.3 is 10.6 Å². The highest BCUT2D eigenvalue weighted by Crippen LogP contribution is 1.99. The number of rotatable bonds is 5. The molecular formula is C10H14FN3O. The minimum absolute atomic E-state index is 0.283. The maximum Gasteiger partial charge on any atom is 0.251 e. The summed E-state index contributed by atoms with van der Waals surface area (Å²) in [7, 11) is 0. The molecule has 2 N–H and O–H groups in total. The fraction of sp³-hybridized carbons (Fsp3) is 0.400. The Labute approximate surface area is 87.9 Å². The van der Waals surface area contributed by atoms with E-state index >= 15 is 0 Å². The highest BCUT2D eigenvalue weighted by Gasteiger charge is 2.05. The molecular weight excluding hydrogens is 197 g/mol. The number of hydrogen-bond donors (Lipinski definition) is 2. The highest BCUT2D eigenvalue weighted by atomic mass is 19.1. The van der Waals surface area contributed by atoms with Crippen LogP contribution in [0.3, 0.4) is 0 Å². The van der Waals surface area contributed by atoms with Gasteiger partial charge in [0.15, 0.2) is 0 Å². The first-order chi connectivity index (χ1) is 7.24. The van der Waals surface area contributed by atoms with Crippen LogP contribution in [0.4, 0.5) is 4.39 Å². The zero-order chi connectivity index (χ0) is 11.1. The maximum atomic E-state index is 12.7. The van der Waals surface area contributed by atoms with Gasteiger partial charge in [-0.25, -0.2) is 4.98 Å². The average molecular weight is 211 g/mol. The molecule has 0 atom stereocenters. The molecule has 0 bridgehead atoms. The zero-order valence-electron chi connectivity index (χ0n) is 8.59. The van der Waals surface area contributed by atoms with Crippen LogP contribution in [-0.2, 0) is 0 Å². The monoisotopic (exact) mass is 211 g/mol. The average Bonchev–Trinajstić information content (AvgIpc) is 2.24. The Kier molecular flexibility index (Phi) is 4.70. The van der Waals surface area contributed by atoms with Crippen molar-refractivity contribution in [3.63, 3.8) is 0 Å². The lowest BCUT2D eigenvalue weighted by molar-refractivity contribution is 0.0953. The first-order valence-corrected chi connectivity index (χ1v) is 4.84. The van der Waals surface area contributed by atoms with E-state index < -0.39 is 5.95 Å². The maximum absolute atomic E-state index is 12.7. The van der Waals surface area contributed by atoms with Gasteiger partial charge in [-0.3, -0.25) is 4.79 Å². The number of halogens is 1. The van der Waals surface area contributed by atoms with Crippen molar-refractivity contribution in [3.05, 3.63) is 29.8 Å². The third-order valence-corrected chi connectivity index (χ3v) is 1.83. The van der Waals surface area contributed by atoms with E-state index in [9.17, 15) is 9.18 Å². The van der Waals surface area contributed by atoms with Gasteiger partial charge in [0.05, 0.1) is 0 Å². The minimum Gasteiger partial charge on any atom is -0.351 e. The Hall–Kier alpha value is -1.49. The van der Waals surface area contributed by atoms with Crippen LogP contribution in [0.15, 0.2) is 18.3 Å². The third-order valence-electron chi connectivity index (χ3n) is 1.83. The summed E-state index contributed by atoms with van der Waals surface area (Å²) in [4.78, 5) is 14.8. The van der Waals surface area contributed by atoms with Crippen molar-refractivity contribution < 1.29 is 9.18 Å². The fourth-order valence-electron chi connectivity index (χ4n) is 1.09. The molecule has 1 rings (SSSR count). The van der Waals surface area contributed by atoms with Gasteiger partial charge in [0.25, 0.3) is 5.91 Å². The predicted octanol–water partition coefficient (Wildman–Crippen LogP) is 0.560. The van der Waals surface area contributed by atoms with Crippen LogP contribution in [-0.4, -0.2) is 30.5 Å². The molecule has 0 spiro atoms. The molecule has 0 unspecified atom stereocenters. The normalized spacial score (nSPS) is 10.0. The second kappa shape index (κ2) is 6.08. The number of aromatic nitrogens is 1. The molecule has 0 aliphatic heterocycles. The molecule has 1 aromatic heterocycles. The Morgan fingerprint density at radius 2 is 2.33 bits per heavy atom. The number of carbonyl (C=O) groups is 1. The lowest BCUT2D eigenvalue weighted by Crippen LogP contribution is -2.31. The number of hydrogen-bond acceptors (Lipinski definition) is 3. The second-order valence-electron chi connectivity index (χ2n) is 2.98. The van der Waals surface area contributed by atoms with E-state index in [1.807, 2.05) is 6.92 Å². The lowest BCUT2D eigenvalue weighted by Gasteiger charge is -2.05. The van der Waals surface area contributed by atoms with Gasteiger partial charge in [-0.15, -0.1) is 0 Å². The summed E-state index contributed by atoms with van der Waals surface area (Å²) in [6.45, 7) is 4.08. The van der Waals surface area contributed by atoms with Crippen LogP contribution < -0.4 is 10.6 Å². The molecule has 4 nitrogen and oxygen atoms in total. The lowest BCUT2D eigenvalue weighted by atomic mass is 10.2. The van der Waals surface area contributed by atoms with E-state index in [1.54, 1.807) is 0 Å². The van der Waals surface area contributed by atoms with E-state index in [2.05, 4.69) is 15.6 Å². The number of nitrogens with zero attached hydrogens (tertiary/aromatic N) is 1. The highest BCUT2D eigenvalue weighted by molar-refractivity contribution is 5.93. The van der Waals surface area contributed by atoms with Gasteiger partial charge in [-0.1, -0.05) is 6.92 Å². The molecule has 1 aromatic rings. The van der Waals surface area contributed by atoms with Crippen molar-refractivity contribution in [2.45, 2.75) is 6.92 Å². The number of nitrogens with one attached hydrogen (secondary N) is 2. The van der Waals surface area contributed by atoms with Crippen molar-refractivity contribution in [2.24, 2.45) is 0 Å². The molecule has 1 heterocycles. The van der Waals surface area contributed by atoms with Crippen LogP contribution in [0.1, 0.15) is 17.3 Å². The summed E-state index contributed by atoms with van der Waals surface area (Å²) in [6.07, 6.45) is 1.27. The SMILES string of the molecule is CCNCCNC(=O)c1ccnc(F)c1.